The Bertz CT molecular complexity index is 476. The second kappa shape index (κ2) is 13.8. The summed E-state index contributed by atoms with van der Waals surface area (Å²) in [5, 5.41) is 0. The summed E-state index contributed by atoms with van der Waals surface area (Å²) in [4.78, 5) is 0. The third-order valence-corrected chi connectivity index (χ3v) is 9.16. The highest BCUT2D eigenvalue weighted by atomic mass is 14.4. The Morgan fingerprint density at radius 1 is 0.567 bits per heavy atom. The van der Waals surface area contributed by atoms with Crippen molar-refractivity contribution in [3.05, 3.63) is 24.3 Å². The number of allylic oxidation sites excluding steroid dienone is 4. The maximum atomic E-state index is 2.60. The number of rotatable bonds is 10. The van der Waals surface area contributed by atoms with E-state index in [0.29, 0.717) is 0 Å². The molecule has 3 aliphatic carbocycles. The Morgan fingerprint density at radius 3 is 1.53 bits per heavy atom. The van der Waals surface area contributed by atoms with E-state index in [4.69, 9.17) is 0 Å². The summed E-state index contributed by atoms with van der Waals surface area (Å²) in [6.07, 6.45) is 36.3. The van der Waals surface area contributed by atoms with Gasteiger partial charge in [-0.05, 0) is 119 Å². The van der Waals surface area contributed by atoms with Crippen LogP contribution < -0.4 is 0 Å². The minimum atomic E-state index is 0.890. The van der Waals surface area contributed by atoms with E-state index < -0.39 is 0 Å². The van der Waals surface area contributed by atoms with Crippen molar-refractivity contribution in [2.24, 2.45) is 35.5 Å². The Hall–Kier alpha value is -0.520. The Balaban J connectivity index is 1.23. The molecule has 0 spiro atoms. The molecule has 0 aliphatic heterocycles. The van der Waals surface area contributed by atoms with Crippen LogP contribution in [0.15, 0.2) is 24.3 Å². The molecule has 3 aliphatic rings. The van der Waals surface area contributed by atoms with Crippen LogP contribution in [-0.4, -0.2) is 0 Å². The van der Waals surface area contributed by atoms with Crippen molar-refractivity contribution in [1.29, 1.82) is 0 Å². The fraction of sp³-hybridized carbons (Fsp3) is 0.867. The van der Waals surface area contributed by atoms with E-state index in [1.807, 2.05) is 0 Å². The first kappa shape index (κ1) is 24.1. The van der Waals surface area contributed by atoms with E-state index in [0.717, 1.165) is 35.5 Å². The first-order chi connectivity index (χ1) is 14.8. The van der Waals surface area contributed by atoms with Gasteiger partial charge in [0.25, 0.3) is 0 Å². The summed E-state index contributed by atoms with van der Waals surface area (Å²) in [7, 11) is 0. The number of hydrogen-bond donors (Lipinski definition) is 0. The summed E-state index contributed by atoms with van der Waals surface area (Å²) >= 11 is 0. The molecule has 172 valence electrons. The highest BCUT2D eigenvalue weighted by Gasteiger charge is 2.30. The Kier molecular flexibility index (Phi) is 11.1. The molecule has 30 heavy (non-hydrogen) atoms. The van der Waals surface area contributed by atoms with Crippen molar-refractivity contribution in [2.45, 2.75) is 129 Å². The summed E-state index contributed by atoms with van der Waals surface area (Å²) < 4.78 is 0. The van der Waals surface area contributed by atoms with Crippen molar-refractivity contribution >= 4 is 0 Å². The van der Waals surface area contributed by atoms with E-state index in [1.54, 1.807) is 38.5 Å². The molecule has 0 saturated heterocycles. The molecule has 0 bridgehead atoms. The van der Waals surface area contributed by atoms with Crippen LogP contribution in [0.2, 0.25) is 0 Å². The predicted octanol–water partition coefficient (Wildman–Crippen LogP) is 9.90. The van der Waals surface area contributed by atoms with Gasteiger partial charge in [-0.25, -0.2) is 0 Å². The number of hydrogen-bond acceptors (Lipinski definition) is 0. The second-order valence-corrected chi connectivity index (χ2v) is 11.3. The first-order valence-electron chi connectivity index (χ1n) is 14.1. The lowest BCUT2D eigenvalue weighted by atomic mass is 9.68. The van der Waals surface area contributed by atoms with Gasteiger partial charge in [-0.1, -0.05) is 69.8 Å². The fourth-order valence-corrected chi connectivity index (χ4v) is 7.09. The van der Waals surface area contributed by atoms with Gasteiger partial charge in [0.2, 0.25) is 0 Å². The highest BCUT2D eigenvalue weighted by Crippen LogP contribution is 2.43. The van der Waals surface area contributed by atoms with Crippen molar-refractivity contribution in [2.75, 3.05) is 0 Å². The SMILES string of the molecule is CC=CCC[C@H]1CC[C@H](C=CCC[C@H]2CC[C@H]([C@H]3CC[C@H](CCC)CC3)CC2)CC1. The summed E-state index contributed by atoms with van der Waals surface area (Å²) in [6.45, 7) is 4.51. The molecule has 0 nitrogen and oxygen atoms in total. The third kappa shape index (κ3) is 8.20. The van der Waals surface area contributed by atoms with Crippen LogP contribution in [0.3, 0.4) is 0 Å². The van der Waals surface area contributed by atoms with Crippen LogP contribution in [0, 0.1) is 35.5 Å². The zero-order valence-corrected chi connectivity index (χ0v) is 20.5. The third-order valence-electron chi connectivity index (χ3n) is 9.16. The standard InChI is InChI=1S/C30H52/c1-3-5-6-10-26-13-15-27(16-14-26)11-7-8-12-28-19-23-30(24-20-28)29-21-17-25(9-4-2)18-22-29/h3,5,7,11,25-30H,4,6,8-10,12-24H2,1-2H3/t25-,26-,27-,28-,29-,30-. The molecule has 3 saturated carbocycles. The lowest BCUT2D eigenvalue weighted by Crippen LogP contribution is -2.25. The van der Waals surface area contributed by atoms with Gasteiger partial charge in [0, 0.05) is 0 Å². The smallest absolute Gasteiger partial charge is 0.0233 e. The molecule has 0 aromatic heterocycles. The molecule has 0 aromatic rings. The van der Waals surface area contributed by atoms with Gasteiger partial charge in [-0.3, -0.25) is 0 Å². The van der Waals surface area contributed by atoms with Gasteiger partial charge < -0.3 is 0 Å². The second-order valence-electron chi connectivity index (χ2n) is 11.3. The molecule has 0 N–H and O–H groups in total. The van der Waals surface area contributed by atoms with E-state index in [1.165, 1.54) is 77.0 Å². The molecular formula is C30H52. The van der Waals surface area contributed by atoms with Crippen LogP contribution >= 0.6 is 0 Å². The normalized spacial score (nSPS) is 35.9. The Labute approximate surface area is 189 Å². The molecule has 0 aromatic carbocycles. The van der Waals surface area contributed by atoms with E-state index in [-0.39, 0.29) is 0 Å². The molecule has 0 unspecified atom stereocenters. The Morgan fingerprint density at radius 2 is 1.03 bits per heavy atom. The largest absolute Gasteiger partial charge is 0.0917 e. The minimum absolute atomic E-state index is 0.890. The summed E-state index contributed by atoms with van der Waals surface area (Å²) in [6, 6.07) is 0. The maximum Gasteiger partial charge on any atom is -0.0233 e. The topological polar surface area (TPSA) is 0 Å². The van der Waals surface area contributed by atoms with Crippen molar-refractivity contribution in [1.82, 2.24) is 0 Å². The molecular weight excluding hydrogens is 360 g/mol. The minimum Gasteiger partial charge on any atom is -0.0917 e. The van der Waals surface area contributed by atoms with Crippen LogP contribution in [0.4, 0.5) is 0 Å². The molecule has 0 heteroatoms. The van der Waals surface area contributed by atoms with Gasteiger partial charge in [-0.2, -0.15) is 0 Å². The first-order valence-corrected chi connectivity index (χ1v) is 14.1. The van der Waals surface area contributed by atoms with Crippen LogP contribution in [-0.2, 0) is 0 Å². The van der Waals surface area contributed by atoms with E-state index in [9.17, 15) is 0 Å². The average Bonchev–Trinajstić information content (AvgIpc) is 2.79. The lowest BCUT2D eigenvalue weighted by Gasteiger charge is -2.38. The molecule has 0 atom stereocenters. The van der Waals surface area contributed by atoms with Crippen molar-refractivity contribution in [3.63, 3.8) is 0 Å². The summed E-state index contributed by atoms with van der Waals surface area (Å²) in [5.74, 6) is 6.17. The van der Waals surface area contributed by atoms with Gasteiger partial charge in [0.15, 0.2) is 0 Å². The molecule has 0 heterocycles. The van der Waals surface area contributed by atoms with Gasteiger partial charge in [0.1, 0.15) is 0 Å². The zero-order chi connectivity index (χ0) is 21.0. The van der Waals surface area contributed by atoms with Crippen molar-refractivity contribution in [3.8, 4) is 0 Å². The molecule has 3 rings (SSSR count). The quantitative estimate of drug-likeness (QED) is 0.313. The van der Waals surface area contributed by atoms with Crippen LogP contribution in [0.25, 0.3) is 0 Å². The van der Waals surface area contributed by atoms with Crippen LogP contribution in [0.1, 0.15) is 129 Å². The van der Waals surface area contributed by atoms with Crippen LogP contribution in [0.5, 0.6) is 0 Å². The van der Waals surface area contributed by atoms with Gasteiger partial charge in [-0.15, -0.1) is 0 Å². The van der Waals surface area contributed by atoms with E-state index >= 15 is 0 Å². The molecule has 3 fully saturated rings. The molecule has 0 amide bonds. The molecule has 0 radical (unpaired) electrons. The van der Waals surface area contributed by atoms with Gasteiger partial charge in [0.05, 0.1) is 0 Å². The zero-order valence-electron chi connectivity index (χ0n) is 20.5. The van der Waals surface area contributed by atoms with Gasteiger partial charge >= 0.3 is 0 Å². The average molecular weight is 413 g/mol. The summed E-state index contributed by atoms with van der Waals surface area (Å²) in [5.41, 5.74) is 0. The highest BCUT2D eigenvalue weighted by molar-refractivity contribution is 4.92. The van der Waals surface area contributed by atoms with E-state index in [2.05, 4.69) is 38.2 Å². The van der Waals surface area contributed by atoms with Crippen molar-refractivity contribution < 1.29 is 0 Å². The predicted molar refractivity (Wildman–Crippen MR) is 134 cm³/mol. The lowest BCUT2D eigenvalue weighted by molar-refractivity contribution is 0.141. The monoisotopic (exact) mass is 412 g/mol. The maximum absolute atomic E-state index is 2.60. The fourth-order valence-electron chi connectivity index (χ4n) is 7.09.